The largest absolute Gasteiger partial charge is 0.369 e. The zero-order valence-corrected chi connectivity index (χ0v) is 18.2. The number of anilines is 3. The van der Waals surface area contributed by atoms with Gasteiger partial charge < -0.3 is 15.2 Å². The Bertz CT molecular complexity index is 1110. The zero-order valence-electron chi connectivity index (χ0n) is 17.4. The van der Waals surface area contributed by atoms with Crippen molar-refractivity contribution in [3.63, 3.8) is 0 Å². The Balaban J connectivity index is 1.54. The van der Waals surface area contributed by atoms with Crippen LogP contribution in [0.4, 0.5) is 17.5 Å². The first kappa shape index (κ1) is 21.7. The summed E-state index contributed by atoms with van der Waals surface area (Å²) in [6.45, 7) is 6.45. The number of hydrogen-bond donors (Lipinski definition) is 3. The van der Waals surface area contributed by atoms with Crippen molar-refractivity contribution < 1.29 is 8.42 Å². The number of sulfonamides is 1. The van der Waals surface area contributed by atoms with Gasteiger partial charge >= 0.3 is 0 Å². The summed E-state index contributed by atoms with van der Waals surface area (Å²) in [7, 11) is -1.89. The van der Waals surface area contributed by atoms with Gasteiger partial charge in [0, 0.05) is 44.5 Å². The first-order chi connectivity index (χ1) is 14.2. The molecule has 0 saturated carbocycles. The molecule has 0 fully saturated rings. The molecule has 0 aliphatic heterocycles. The lowest BCUT2D eigenvalue weighted by molar-refractivity contribution is 0.579. The van der Waals surface area contributed by atoms with Gasteiger partial charge in [0.15, 0.2) is 5.03 Å². The minimum absolute atomic E-state index is 0.0212. The highest BCUT2D eigenvalue weighted by molar-refractivity contribution is 7.89. The fourth-order valence-corrected chi connectivity index (χ4v) is 3.86. The minimum atomic E-state index is -3.68. The number of imidazole rings is 1. The first-order valence-electron chi connectivity index (χ1n) is 9.53. The minimum Gasteiger partial charge on any atom is -0.369 e. The summed E-state index contributed by atoms with van der Waals surface area (Å²) in [6.07, 6.45) is 4.66. The van der Waals surface area contributed by atoms with E-state index in [-0.39, 0.29) is 17.5 Å². The lowest BCUT2D eigenvalue weighted by Gasteiger charge is -2.09. The van der Waals surface area contributed by atoms with E-state index >= 15 is 0 Å². The van der Waals surface area contributed by atoms with E-state index in [2.05, 4.69) is 35.3 Å². The monoisotopic (exact) mass is 430 g/mol. The summed E-state index contributed by atoms with van der Waals surface area (Å²) >= 11 is 0. The van der Waals surface area contributed by atoms with E-state index in [9.17, 15) is 8.42 Å². The van der Waals surface area contributed by atoms with Gasteiger partial charge in [-0.1, -0.05) is 13.8 Å². The van der Waals surface area contributed by atoms with Crippen LogP contribution in [0.25, 0.3) is 0 Å². The predicted molar refractivity (Wildman–Crippen MR) is 115 cm³/mol. The van der Waals surface area contributed by atoms with Gasteiger partial charge in [0.05, 0.1) is 0 Å². The second kappa shape index (κ2) is 9.18. The Kier molecular flexibility index (Phi) is 6.63. The molecule has 3 N–H and O–H groups in total. The molecule has 0 bridgehead atoms. The Hall–Kier alpha value is -3.05. The van der Waals surface area contributed by atoms with Gasteiger partial charge in [0.1, 0.15) is 29.6 Å². The van der Waals surface area contributed by atoms with Crippen LogP contribution in [0.2, 0.25) is 0 Å². The van der Waals surface area contributed by atoms with Crippen molar-refractivity contribution in [1.29, 1.82) is 0 Å². The normalized spacial score (nSPS) is 11.6. The molecule has 0 saturated heterocycles. The summed E-state index contributed by atoms with van der Waals surface area (Å²) in [5.41, 5.74) is 1.08. The van der Waals surface area contributed by atoms with Crippen molar-refractivity contribution in [2.24, 2.45) is 7.05 Å². The van der Waals surface area contributed by atoms with Gasteiger partial charge in [-0.25, -0.2) is 33.1 Å². The third-order valence-corrected chi connectivity index (χ3v) is 5.58. The highest BCUT2D eigenvalue weighted by Gasteiger charge is 2.20. The van der Waals surface area contributed by atoms with Gasteiger partial charge in [0.25, 0.3) is 10.0 Å². The van der Waals surface area contributed by atoms with E-state index < -0.39 is 10.0 Å². The molecule has 160 valence electrons. The Morgan fingerprint density at radius 1 is 1.07 bits per heavy atom. The van der Waals surface area contributed by atoms with Crippen LogP contribution >= 0.6 is 0 Å². The topological polar surface area (TPSA) is 127 Å². The molecule has 3 heterocycles. The van der Waals surface area contributed by atoms with Crippen LogP contribution in [0.5, 0.6) is 0 Å². The molecule has 0 atom stereocenters. The van der Waals surface area contributed by atoms with Crippen molar-refractivity contribution in [3.8, 4) is 0 Å². The molecular formula is C19H26N8O2S. The van der Waals surface area contributed by atoms with Gasteiger partial charge in [-0.2, -0.15) is 0 Å². The third kappa shape index (κ3) is 5.51. The maximum absolute atomic E-state index is 12.5. The number of nitrogens with one attached hydrogen (secondary N) is 3. The molecule has 10 nitrogen and oxygen atoms in total. The summed E-state index contributed by atoms with van der Waals surface area (Å²) in [5, 5.41) is 6.21. The maximum atomic E-state index is 12.5. The van der Waals surface area contributed by atoms with Gasteiger partial charge in [-0.15, -0.1) is 0 Å². The third-order valence-electron chi connectivity index (χ3n) is 4.24. The van der Waals surface area contributed by atoms with E-state index in [0.29, 0.717) is 24.0 Å². The molecule has 0 unspecified atom stereocenters. The SMILES string of the molecule is Cc1ccnc(Nc2cc(NCCNS(=O)(=O)c3cn(C)c(C(C)C)n3)ncn2)c1. The molecule has 0 amide bonds. The number of rotatable bonds is 9. The number of pyridine rings is 1. The van der Waals surface area contributed by atoms with Crippen LogP contribution in [-0.2, 0) is 17.1 Å². The summed E-state index contributed by atoms with van der Waals surface area (Å²) in [4.78, 5) is 16.8. The molecule has 3 rings (SSSR count). The number of aryl methyl sites for hydroxylation is 2. The fraction of sp³-hybridized carbons (Fsp3) is 0.368. The lowest BCUT2D eigenvalue weighted by Crippen LogP contribution is -2.29. The number of nitrogens with zero attached hydrogens (tertiary/aromatic N) is 5. The maximum Gasteiger partial charge on any atom is 0.259 e. The molecule has 3 aromatic rings. The average Bonchev–Trinajstić information content (AvgIpc) is 3.09. The van der Waals surface area contributed by atoms with Gasteiger partial charge in [-0.05, 0) is 24.6 Å². The van der Waals surface area contributed by atoms with E-state index in [1.54, 1.807) is 23.9 Å². The molecule has 0 aromatic carbocycles. The van der Waals surface area contributed by atoms with E-state index in [1.807, 2.05) is 32.9 Å². The van der Waals surface area contributed by atoms with Crippen LogP contribution in [-0.4, -0.2) is 46.0 Å². The van der Waals surface area contributed by atoms with Crippen molar-refractivity contribution in [2.75, 3.05) is 23.7 Å². The van der Waals surface area contributed by atoms with Crippen LogP contribution in [0.1, 0.15) is 31.2 Å². The highest BCUT2D eigenvalue weighted by atomic mass is 32.2. The predicted octanol–water partition coefficient (Wildman–Crippen LogP) is 2.17. The number of hydrogen-bond acceptors (Lipinski definition) is 8. The molecule has 3 aromatic heterocycles. The van der Waals surface area contributed by atoms with Crippen molar-refractivity contribution in [3.05, 3.63) is 48.3 Å². The zero-order chi connectivity index (χ0) is 21.7. The smallest absolute Gasteiger partial charge is 0.259 e. The molecule has 0 spiro atoms. The summed E-state index contributed by atoms with van der Waals surface area (Å²) in [5.74, 6) is 2.69. The Labute approximate surface area is 176 Å². The highest BCUT2D eigenvalue weighted by Crippen LogP contribution is 2.16. The fourth-order valence-electron chi connectivity index (χ4n) is 2.83. The van der Waals surface area contributed by atoms with Crippen molar-refractivity contribution >= 4 is 27.5 Å². The second-order valence-electron chi connectivity index (χ2n) is 7.16. The van der Waals surface area contributed by atoms with Crippen LogP contribution in [0, 0.1) is 6.92 Å². The molecule has 11 heteroatoms. The molecule has 0 aliphatic carbocycles. The molecule has 30 heavy (non-hydrogen) atoms. The van der Waals surface area contributed by atoms with Crippen LogP contribution < -0.4 is 15.4 Å². The number of aromatic nitrogens is 5. The van der Waals surface area contributed by atoms with Crippen LogP contribution in [0.15, 0.2) is 41.9 Å². The van der Waals surface area contributed by atoms with Crippen molar-refractivity contribution in [1.82, 2.24) is 29.2 Å². The van der Waals surface area contributed by atoms with E-state index in [0.717, 1.165) is 11.4 Å². The second-order valence-corrected chi connectivity index (χ2v) is 8.87. The van der Waals surface area contributed by atoms with E-state index in [1.165, 1.54) is 12.5 Å². The standard InChI is InChI=1S/C19H26N8O2S/c1-13(2)19-26-18(11-27(19)4)30(28,29)24-8-7-21-15-10-17(23-12-22-15)25-16-9-14(3)5-6-20-16/h5-6,9-13,24H,7-8H2,1-4H3,(H2,20,21,22,23,25). The summed E-state index contributed by atoms with van der Waals surface area (Å²) in [6, 6.07) is 5.55. The molecule has 0 aliphatic rings. The molecular weight excluding hydrogens is 404 g/mol. The average molecular weight is 431 g/mol. The lowest BCUT2D eigenvalue weighted by atomic mass is 10.2. The Morgan fingerprint density at radius 2 is 1.80 bits per heavy atom. The van der Waals surface area contributed by atoms with E-state index in [4.69, 9.17) is 0 Å². The van der Waals surface area contributed by atoms with Crippen molar-refractivity contribution in [2.45, 2.75) is 31.7 Å². The van der Waals surface area contributed by atoms with Crippen LogP contribution in [0.3, 0.4) is 0 Å². The Morgan fingerprint density at radius 3 is 2.50 bits per heavy atom. The quantitative estimate of drug-likeness (QED) is 0.441. The van der Waals surface area contributed by atoms with Gasteiger partial charge in [0.2, 0.25) is 0 Å². The first-order valence-corrected chi connectivity index (χ1v) is 11.0. The molecule has 0 radical (unpaired) electrons. The summed E-state index contributed by atoms with van der Waals surface area (Å²) < 4.78 is 29.2. The van der Waals surface area contributed by atoms with Gasteiger partial charge in [-0.3, -0.25) is 0 Å².